The van der Waals surface area contributed by atoms with Crippen molar-refractivity contribution in [3.8, 4) is 17.3 Å². The molecule has 0 saturated carbocycles. The van der Waals surface area contributed by atoms with Crippen LogP contribution in [0.2, 0.25) is 0 Å². The van der Waals surface area contributed by atoms with Crippen LogP contribution in [0, 0.1) is 6.92 Å². The van der Waals surface area contributed by atoms with E-state index in [-0.39, 0.29) is 11.4 Å². The number of benzene rings is 2. The van der Waals surface area contributed by atoms with Gasteiger partial charge in [-0.3, -0.25) is 5.32 Å². The minimum Gasteiger partial charge on any atom is -0.439 e. The maximum atomic E-state index is 12.8. The zero-order chi connectivity index (χ0) is 25.0. The summed E-state index contributed by atoms with van der Waals surface area (Å²) in [6, 6.07) is 18.2. The number of nitrogens with zero attached hydrogens (tertiary/aromatic N) is 4. The quantitative estimate of drug-likeness (QED) is 0.331. The smallest absolute Gasteiger partial charge is 0.324 e. The van der Waals surface area contributed by atoms with Gasteiger partial charge in [-0.25, -0.2) is 19.4 Å². The van der Waals surface area contributed by atoms with Crippen molar-refractivity contribution in [2.75, 3.05) is 23.0 Å². The molecule has 0 aliphatic heterocycles. The summed E-state index contributed by atoms with van der Waals surface area (Å²) in [5.74, 6) is 2.25. The number of hydrogen-bond acceptors (Lipinski definition) is 6. The molecule has 180 valence electrons. The first-order valence-corrected chi connectivity index (χ1v) is 11.2. The minimum atomic E-state index is -0.373. The van der Waals surface area contributed by atoms with Crippen LogP contribution in [-0.4, -0.2) is 32.8 Å². The molecule has 4 rings (SSSR count). The fraction of sp³-hybridized carbons (Fsp3) is 0.231. The van der Waals surface area contributed by atoms with Gasteiger partial charge in [0.05, 0.1) is 11.4 Å². The van der Waals surface area contributed by atoms with Crippen molar-refractivity contribution >= 4 is 23.4 Å². The van der Waals surface area contributed by atoms with Crippen LogP contribution in [-0.2, 0) is 5.41 Å². The Morgan fingerprint density at radius 1 is 0.943 bits per heavy atom. The zero-order valence-corrected chi connectivity index (χ0v) is 20.5. The summed E-state index contributed by atoms with van der Waals surface area (Å²) in [6.07, 6.45) is 1.42. The Morgan fingerprint density at radius 3 is 2.31 bits per heavy atom. The van der Waals surface area contributed by atoms with Gasteiger partial charge in [0.1, 0.15) is 23.7 Å². The van der Waals surface area contributed by atoms with Crippen LogP contribution in [0.5, 0.6) is 11.6 Å². The maximum absolute atomic E-state index is 12.8. The van der Waals surface area contributed by atoms with Crippen LogP contribution < -0.4 is 20.7 Å². The molecule has 0 fully saturated rings. The molecule has 0 unspecified atom stereocenters. The monoisotopic (exact) mass is 471 g/mol. The summed E-state index contributed by atoms with van der Waals surface area (Å²) in [4.78, 5) is 21.0. The number of anilines is 3. The number of aromatic nitrogens is 4. The lowest BCUT2D eigenvalue weighted by Crippen LogP contribution is -2.21. The number of carbonyl (C=O) groups is 1. The predicted octanol–water partition coefficient (Wildman–Crippen LogP) is 5.75. The summed E-state index contributed by atoms with van der Waals surface area (Å²) in [7, 11) is 1.77. The highest BCUT2D eigenvalue weighted by molar-refractivity contribution is 5.99. The van der Waals surface area contributed by atoms with Crippen molar-refractivity contribution in [2.45, 2.75) is 33.1 Å². The van der Waals surface area contributed by atoms with Crippen LogP contribution in [0.1, 0.15) is 32.0 Å². The van der Waals surface area contributed by atoms with Crippen molar-refractivity contribution in [3.05, 3.63) is 78.2 Å². The maximum Gasteiger partial charge on any atom is 0.324 e. The lowest BCUT2D eigenvalue weighted by Gasteiger charge is -2.14. The second-order valence-electron chi connectivity index (χ2n) is 9.11. The summed E-state index contributed by atoms with van der Waals surface area (Å²) in [6.45, 7) is 8.29. The molecule has 0 radical (unpaired) electrons. The van der Waals surface area contributed by atoms with E-state index < -0.39 is 0 Å². The Hall–Kier alpha value is -4.40. The first kappa shape index (κ1) is 23.7. The van der Waals surface area contributed by atoms with Crippen molar-refractivity contribution in [1.82, 2.24) is 19.7 Å². The molecular formula is C26H29N7O2. The normalized spacial score (nSPS) is 11.1. The first-order valence-electron chi connectivity index (χ1n) is 11.2. The van der Waals surface area contributed by atoms with Crippen LogP contribution >= 0.6 is 0 Å². The number of hydrogen-bond donors (Lipinski definition) is 3. The Labute approximate surface area is 204 Å². The summed E-state index contributed by atoms with van der Waals surface area (Å²) >= 11 is 0. The Bertz CT molecular complexity index is 1310. The lowest BCUT2D eigenvalue weighted by atomic mass is 9.92. The summed E-state index contributed by atoms with van der Waals surface area (Å²) in [5, 5.41) is 13.5. The SMILES string of the molecule is CNc1cc(Oc2ccc(NC(=O)Nc3cc(C(C)(C)C)nn3-c3ccc(C)cc3)cc2)ncn1. The van der Waals surface area contributed by atoms with Crippen LogP contribution in [0.15, 0.2) is 67.0 Å². The highest BCUT2D eigenvalue weighted by Crippen LogP contribution is 2.27. The number of urea groups is 1. The number of carbonyl (C=O) groups excluding carboxylic acids is 1. The van der Waals surface area contributed by atoms with E-state index in [9.17, 15) is 4.79 Å². The number of rotatable bonds is 6. The van der Waals surface area contributed by atoms with E-state index in [4.69, 9.17) is 9.84 Å². The van der Waals surface area contributed by atoms with Gasteiger partial charge in [-0.05, 0) is 43.3 Å². The second-order valence-corrected chi connectivity index (χ2v) is 9.11. The molecule has 9 nitrogen and oxygen atoms in total. The van der Waals surface area contributed by atoms with Crippen LogP contribution in [0.3, 0.4) is 0 Å². The standard InChI is InChI=1S/C26H29N7O2/c1-17-6-10-19(11-7-17)33-23(14-21(32-33)26(2,3)4)31-25(34)30-18-8-12-20(13-9-18)35-24-15-22(27-5)28-16-29-24/h6-16H,1-5H3,(H,27,28,29)(H2,30,31,34). The Balaban J connectivity index is 1.47. The van der Waals surface area contributed by atoms with Gasteiger partial charge in [0.25, 0.3) is 0 Å². The molecule has 0 spiro atoms. The summed E-state index contributed by atoms with van der Waals surface area (Å²) in [5.41, 5.74) is 3.34. The van der Waals surface area contributed by atoms with Crippen molar-refractivity contribution in [2.24, 2.45) is 0 Å². The third-order valence-corrected chi connectivity index (χ3v) is 5.23. The van der Waals surface area contributed by atoms with E-state index in [1.165, 1.54) is 6.33 Å². The van der Waals surface area contributed by atoms with Gasteiger partial charge in [-0.2, -0.15) is 5.10 Å². The van der Waals surface area contributed by atoms with Gasteiger partial charge >= 0.3 is 6.03 Å². The summed E-state index contributed by atoms with van der Waals surface area (Å²) < 4.78 is 7.50. The third-order valence-electron chi connectivity index (χ3n) is 5.23. The van der Waals surface area contributed by atoms with Gasteiger partial charge in [0, 0.05) is 30.3 Å². The fourth-order valence-electron chi connectivity index (χ4n) is 3.26. The molecule has 0 atom stereocenters. The third kappa shape index (κ3) is 5.94. The van der Waals surface area contributed by atoms with E-state index in [0.29, 0.717) is 29.0 Å². The highest BCUT2D eigenvalue weighted by atomic mass is 16.5. The second kappa shape index (κ2) is 9.84. The molecule has 0 aliphatic rings. The average Bonchev–Trinajstić information content (AvgIpc) is 3.25. The van der Waals surface area contributed by atoms with E-state index >= 15 is 0 Å². The molecule has 0 bridgehead atoms. The lowest BCUT2D eigenvalue weighted by molar-refractivity contribution is 0.262. The molecule has 2 aromatic heterocycles. The molecular weight excluding hydrogens is 442 g/mol. The molecule has 35 heavy (non-hydrogen) atoms. The van der Waals surface area contributed by atoms with Crippen LogP contribution in [0.25, 0.3) is 5.69 Å². The van der Waals surface area contributed by atoms with Crippen molar-refractivity contribution < 1.29 is 9.53 Å². The van der Waals surface area contributed by atoms with Gasteiger partial charge in [0.15, 0.2) is 0 Å². The molecule has 9 heteroatoms. The largest absolute Gasteiger partial charge is 0.439 e. The van der Waals surface area contributed by atoms with E-state index in [1.807, 2.05) is 37.3 Å². The van der Waals surface area contributed by atoms with E-state index in [0.717, 1.165) is 16.9 Å². The molecule has 2 aromatic carbocycles. The van der Waals surface area contributed by atoms with Crippen molar-refractivity contribution in [1.29, 1.82) is 0 Å². The molecule has 0 saturated heterocycles. The number of nitrogens with one attached hydrogen (secondary N) is 3. The number of ether oxygens (including phenoxy) is 1. The van der Waals surface area contributed by atoms with Crippen LogP contribution in [0.4, 0.5) is 22.1 Å². The zero-order valence-electron chi connectivity index (χ0n) is 20.5. The average molecular weight is 472 g/mol. The first-order chi connectivity index (χ1) is 16.7. The predicted molar refractivity (Wildman–Crippen MR) is 138 cm³/mol. The molecule has 3 N–H and O–H groups in total. The van der Waals surface area contributed by atoms with Gasteiger partial charge < -0.3 is 15.4 Å². The number of aryl methyl sites for hydroxylation is 1. The molecule has 2 amide bonds. The molecule has 4 aromatic rings. The van der Waals surface area contributed by atoms with Gasteiger partial charge in [-0.15, -0.1) is 0 Å². The number of amides is 2. The fourth-order valence-corrected chi connectivity index (χ4v) is 3.26. The van der Waals surface area contributed by atoms with Gasteiger partial charge in [-0.1, -0.05) is 38.5 Å². The molecule has 0 aliphatic carbocycles. The Kier molecular flexibility index (Phi) is 6.68. The highest BCUT2D eigenvalue weighted by Gasteiger charge is 2.21. The minimum absolute atomic E-state index is 0.170. The molecule has 2 heterocycles. The van der Waals surface area contributed by atoms with E-state index in [1.54, 1.807) is 42.1 Å². The van der Waals surface area contributed by atoms with Crippen molar-refractivity contribution in [3.63, 3.8) is 0 Å². The van der Waals surface area contributed by atoms with Gasteiger partial charge in [0.2, 0.25) is 5.88 Å². The topological polar surface area (TPSA) is 106 Å². The van der Waals surface area contributed by atoms with E-state index in [2.05, 4.69) is 46.7 Å². The Morgan fingerprint density at radius 2 is 1.66 bits per heavy atom.